The number of guanidine groups is 1. The van der Waals surface area contributed by atoms with Crippen LogP contribution < -0.4 is 10.6 Å². The van der Waals surface area contributed by atoms with Crippen LogP contribution in [-0.2, 0) is 4.74 Å². The minimum atomic E-state index is 0. The number of methoxy groups -OCH3 is 1. The third kappa shape index (κ3) is 11.5. The molecule has 0 aromatic rings. The van der Waals surface area contributed by atoms with E-state index < -0.39 is 0 Å². The number of hydrogen-bond acceptors (Lipinski definition) is 4. The zero-order valence-corrected chi connectivity index (χ0v) is 20.8. The van der Waals surface area contributed by atoms with E-state index in [1.54, 1.807) is 7.11 Å². The molecule has 0 unspecified atom stereocenters. The van der Waals surface area contributed by atoms with Crippen molar-refractivity contribution < 1.29 is 4.74 Å². The van der Waals surface area contributed by atoms with Crippen molar-refractivity contribution >= 4 is 29.9 Å². The minimum absolute atomic E-state index is 0. The molecule has 0 aromatic carbocycles. The molecule has 0 aromatic heterocycles. The first kappa shape index (κ1) is 26.9. The predicted octanol–water partition coefficient (Wildman–Crippen LogP) is 2.64. The lowest BCUT2D eigenvalue weighted by Crippen LogP contribution is -2.45. The molecule has 1 aliphatic rings. The molecule has 27 heavy (non-hydrogen) atoms. The van der Waals surface area contributed by atoms with E-state index in [2.05, 4.69) is 55.1 Å². The Bertz CT molecular complexity index is 377. The number of ether oxygens (including phenoxy) is 1. The SMILES string of the molecule is CCNC(=NCC1CCN(CCOC)CC1)NCCN(C(C)C)C(C)C.I. The third-order valence-electron chi connectivity index (χ3n) is 5.16. The Labute approximate surface area is 184 Å². The highest BCUT2D eigenvalue weighted by Gasteiger charge is 2.18. The number of nitrogens with zero attached hydrogens (tertiary/aromatic N) is 3. The predicted molar refractivity (Wildman–Crippen MR) is 127 cm³/mol. The minimum Gasteiger partial charge on any atom is -0.383 e. The van der Waals surface area contributed by atoms with Crippen LogP contribution in [-0.4, -0.2) is 87.4 Å². The van der Waals surface area contributed by atoms with Crippen molar-refractivity contribution in [2.24, 2.45) is 10.9 Å². The maximum absolute atomic E-state index is 5.18. The molecule has 0 atom stereocenters. The van der Waals surface area contributed by atoms with Crippen molar-refractivity contribution in [2.45, 2.75) is 59.5 Å². The molecule has 1 heterocycles. The fourth-order valence-electron chi connectivity index (χ4n) is 3.59. The van der Waals surface area contributed by atoms with Crippen LogP contribution in [0.15, 0.2) is 4.99 Å². The smallest absolute Gasteiger partial charge is 0.191 e. The Morgan fingerprint density at radius 1 is 1.15 bits per heavy atom. The average Bonchev–Trinajstić information content (AvgIpc) is 2.61. The lowest BCUT2D eigenvalue weighted by molar-refractivity contribution is 0.121. The van der Waals surface area contributed by atoms with Gasteiger partial charge < -0.3 is 20.3 Å². The molecule has 0 radical (unpaired) electrons. The quantitative estimate of drug-likeness (QED) is 0.261. The molecule has 0 amide bonds. The Hall–Kier alpha value is -0.120. The summed E-state index contributed by atoms with van der Waals surface area (Å²) in [6.45, 7) is 19.2. The molecule has 0 spiro atoms. The Kier molecular flexibility index (Phi) is 15.7. The molecule has 0 aliphatic carbocycles. The van der Waals surface area contributed by atoms with E-state index in [1.165, 1.54) is 25.9 Å². The van der Waals surface area contributed by atoms with Crippen molar-refractivity contribution in [3.63, 3.8) is 0 Å². The molecule has 1 aliphatic heterocycles. The van der Waals surface area contributed by atoms with Crippen LogP contribution in [0.1, 0.15) is 47.5 Å². The molecule has 0 saturated carbocycles. The maximum atomic E-state index is 5.18. The summed E-state index contributed by atoms with van der Waals surface area (Å²) in [5.41, 5.74) is 0. The molecule has 1 rings (SSSR count). The molecule has 0 bridgehead atoms. The molecule has 162 valence electrons. The van der Waals surface area contributed by atoms with Gasteiger partial charge in [0, 0.05) is 51.9 Å². The summed E-state index contributed by atoms with van der Waals surface area (Å²) in [7, 11) is 1.78. The second-order valence-electron chi connectivity index (χ2n) is 7.85. The van der Waals surface area contributed by atoms with Crippen molar-refractivity contribution in [3.05, 3.63) is 0 Å². The van der Waals surface area contributed by atoms with Crippen LogP contribution >= 0.6 is 24.0 Å². The van der Waals surface area contributed by atoms with Gasteiger partial charge in [0.05, 0.1) is 6.61 Å². The second kappa shape index (κ2) is 15.8. The van der Waals surface area contributed by atoms with Gasteiger partial charge in [-0.05, 0) is 66.5 Å². The molecule has 1 saturated heterocycles. The van der Waals surface area contributed by atoms with Gasteiger partial charge >= 0.3 is 0 Å². The Balaban J connectivity index is 0.00000676. The van der Waals surface area contributed by atoms with Crippen molar-refractivity contribution in [3.8, 4) is 0 Å². The normalized spacial score (nSPS) is 16.9. The third-order valence-corrected chi connectivity index (χ3v) is 5.16. The summed E-state index contributed by atoms with van der Waals surface area (Å²) in [5.74, 6) is 1.66. The van der Waals surface area contributed by atoms with Crippen molar-refractivity contribution in [2.75, 3.05) is 59.5 Å². The zero-order valence-electron chi connectivity index (χ0n) is 18.5. The lowest BCUT2D eigenvalue weighted by Gasteiger charge is -2.31. The van der Waals surface area contributed by atoms with Gasteiger partial charge in [0.25, 0.3) is 0 Å². The Morgan fingerprint density at radius 3 is 2.30 bits per heavy atom. The number of halogens is 1. The van der Waals surface area contributed by atoms with E-state index in [0.29, 0.717) is 18.0 Å². The van der Waals surface area contributed by atoms with Gasteiger partial charge in [0.15, 0.2) is 5.96 Å². The van der Waals surface area contributed by atoms with Crippen LogP contribution in [0.3, 0.4) is 0 Å². The van der Waals surface area contributed by atoms with Crippen molar-refractivity contribution in [1.29, 1.82) is 0 Å². The van der Waals surface area contributed by atoms with Gasteiger partial charge in [-0.1, -0.05) is 0 Å². The van der Waals surface area contributed by atoms with Gasteiger partial charge in [-0.2, -0.15) is 0 Å². The second-order valence-corrected chi connectivity index (χ2v) is 7.85. The molecule has 7 heteroatoms. The summed E-state index contributed by atoms with van der Waals surface area (Å²) in [4.78, 5) is 9.85. The van der Waals surface area contributed by atoms with Gasteiger partial charge in [-0.15, -0.1) is 24.0 Å². The lowest BCUT2D eigenvalue weighted by atomic mass is 9.97. The van der Waals surface area contributed by atoms with Crippen molar-refractivity contribution in [1.82, 2.24) is 20.4 Å². The van der Waals surface area contributed by atoms with Crippen LogP contribution in [0.2, 0.25) is 0 Å². The maximum Gasteiger partial charge on any atom is 0.191 e. The largest absolute Gasteiger partial charge is 0.383 e. The van der Waals surface area contributed by atoms with Gasteiger partial charge in [-0.25, -0.2) is 0 Å². The van der Waals surface area contributed by atoms with Gasteiger partial charge in [0.2, 0.25) is 0 Å². The fraction of sp³-hybridized carbons (Fsp3) is 0.950. The number of likely N-dealkylation sites (tertiary alicyclic amines) is 1. The molecular weight excluding hydrogens is 453 g/mol. The van der Waals surface area contributed by atoms with E-state index in [-0.39, 0.29) is 24.0 Å². The highest BCUT2D eigenvalue weighted by molar-refractivity contribution is 14.0. The first-order valence-corrected chi connectivity index (χ1v) is 10.5. The number of hydrogen-bond donors (Lipinski definition) is 2. The number of rotatable bonds is 11. The Morgan fingerprint density at radius 2 is 1.78 bits per heavy atom. The number of piperidine rings is 1. The number of nitrogens with one attached hydrogen (secondary N) is 2. The van der Waals surface area contributed by atoms with Crippen LogP contribution in [0, 0.1) is 5.92 Å². The summed E-state index contributed by atoms with van der Waals surface area (Å²) >= 11 is 0. The van der Waals surface area contributed by atoms with E-state index >= 15 is 0 Å². The van der Waals surface area contributed by atoms with E-state index in [4.69, 9.17) is 9.73 Å². The van der Waals surface area contributed by atoms with Crippen LogP contribution in [0.5, 0.6) is 0 Å². The summed E-state index contributed by atoms with van der Waals surface area (Å²) < 4.78 is 5.18. The topological polar surface area (TPSA) is 52.1 Å². The van der Waals surface area contributed by atoms with Crippen LogP contribution in [0.25, 0.3) is 0 Å². The van der Waals surface area contributed by atoms with Crippen LogP contribution in [0.4, 0.5) is 0 Å². The molecular formula is C20H44IN5O. The fourth-order valence-corrected chi connectivity index (χ4v) is 3.59. The standard InChI is InChI=1S/C20H43N5O.HI/c1-7-21-20(22-10-13-25(17(2)3)18(4)5)23-16-19-8-11-24(12-9-19)14-15-26-6;/h17-19H,7-16H2,1-6H3,(H2,21,22,23);1H. The zero-order chi connectivity index (χ0) is 19.4. The van der Waals surface area contributed by atoms with Gasteiger partial charge in [-0.3, -0.25) is 9.89 Å². The molecule has 1 fully saturated rings. The van der Waals surface area contributed by atoms with E-state index in [0.717, 1.165) is 45.3 Å². The van der Waals surface area contributed by atoms with E-state index in [9.17, 15) is 0 Å². The first-order chi connectivity index (χ1) is 12.5. The number of aliphatic imine (C=N–C) groups is 1. The summed E-state index contributed by atoms with van der Waals surface area (Å²) in [6, 6.07) is 1.14. The molecule has 2 N–H and O–H groups in total. The first-order valence-electron chi connectivity index (χ1n) is 10.5. The van der Waals surface area contributed by atoms with Gasteiger partial charge in [0.1, 0.15) is 0 Å². The van der Waals surface area contributed by atoms with E-state index in [1.807, 2.05) is 0 Å². The summed E-state index contributed by atoms with van der Waals surface area (Å²) in [5, 5.41) is 6.89. The molecule has 6 nitrogen and oxygen atoms in total. The highest BCUT2D eigenvalue weighted by atomic mass is 127. The monoisotopic (exact) mass is 497 g/mol. The average molecular weight is 498 g/mol. The highest BCUT2D eigenvalue weighted by Crippen LogP contribution is 2.17. The summed E-state index contributed by atoms with van der Waals surface area (Å²) in [6.07, 6.45) is 2.47.